The molecule has 0 spiro atoms. The van der Waals surface area contributed by atoms with Crippen LogP contribution >= 0.6 is 0 Å². The molecule has 4 aromatic rings. The third kappa shape index (κ3) is 3.82. The second-order valence-electron chi connectivity index (χ2n) is 8.62. The molecule has 0 bridgehead atoms. The lowest BCUT2D eigenvalue weighted by Gasteiger charge is -2.33. The van der Waals surface area contributed by atoms with E-state index in [1.165, 1.54) is 25.0 Å². The number of fused-ring (bicyclic) bond motifs is 1. The Labute approximate surface area is 189 Å². The van der Waals surface area contributed by atoms with Crippen LogP contribution in [0, 0.1) is 18.6 Å². The molecule has 33 heavy (non-hydrogen) atoms. The van der Waals surface area contributed by atoms with Gasteiger partial charge in [0.1, 0.15) is 34.8 Å². The normalized spacial score (nSPS) is 18.8. The fourth-order valence-corrected chi connectivity index (χ4v) is 4.25. The summed E-state index contributed by atoms with van der Waals surface area (Å²) >= 11 is 0. The Balaban J connectivity index is 1.39. The number of ether oxygens (including phenoxy) is 1. The van der Waals surface area contributed by atoms with E-state index in [2.05, 4.69) is 26.2 Å². The molecule has 168 valence electrons. The molecule has 0 radical (unpaired) electrons. The number of hydrogen-bond donors (Lipinski definition) is 0. The number of aryl methyl sites for hydroxylation is 1. The maximum atomic E-state index is 14.7. The first kappa shape index (κ1) is 20.2. The van der Waals surface area contributed by atoms with E-state index in [1.54, 1.807) is 6.20 Å². The average Bonchev–Trinajstić information content (AvgIpc) is 3.54. The molecule has 0 amide bonds. The molecule has 1 aromatic carbocycles. The van der Waals surface area contributed by atoms with Gasteiger partial charge >= 0.3 is 0 Å². The van der Waals surface area contributed by atoms with Crippen LogP contribution in [0.2, 0.25) is 0 Å². The summed E-state index contributed by atoms with van der Waals surface area (Å²) in [7, 11) is 0. The minimum Gasteiger partial charge on any atom is -0.370 e. The number of anilines is 1. The fourth-order valence-electron chi connectivity index (χ4n) is 4.25. The van der Waals surface area contributed by atoms with Gasteiger partial charge in [0.2, 0.25) is 0 Å². The van der Waals surface area contributed by atoms with E-state index in [0.29, 0.717) is 48.3 Å². The second-order valence-corrected chi connectivity index (χ2v) is 8.62. The summed E-state index contributed by atoms with van der Waals surface area (Å²) in [4.78, 5) is 15.9. The molecule has 1 aliphatic carbocycles. The summed E-state index contributed by atoms with van der Waals surface area (Å²) in [5, 5.41) is 4.48. The van der Waals surface area contributed by atoms with Crippen molar-refractivity contribution in [1.29, 1.82) is 0 Å². The van der Waals surface area contributed by atoms with Crippen molar-refractivity contribution in [2.75, 3.05) is 24.6 Å². The van der Waals surface area contributed by atoms with Crippen molar-refractivity contribution in [3.63, 3.8) is 0 Å². The summed E-state index contributed by atoms with van der Waals surface area (Å²) in [6.07, 6.45) is 7.75. The number of halogens is 2. The van der Waals surface area contributed by atoms with Gasteiger partial charge in [0, 0.05) is 48.7 Å². The highest BCUT2D eigenvalue weighted by molar-refractivity contribution is 5.91. The largest absolute Gasteiger partial charge is 0.370 e. The zero-order chi connectivity index (χ0) is 22.5. The number of rotatable bonds is 4. The van der Waals surface area contributed by atoms with Crippen molar-refractivity contribution in [2.24, 2.45) is 0 Å². The summed E-state index contributed by atoms with van der Waals surface area (Å²) < 4.78 is 36.3. The maximum absolute atomic E-state index is 14.7. The van der Waals surface area contributed by atoms with E-state index in [9.17, 15) is 8.78 Å². The molecular formula is C24H22F2N6O. The van der Waals surface area contributed by atoms with Gasteiger partial charge in [-0.1, -0.05) is 0 Å². The van der Waals surface area contributed by atoms with Gasteiger partial charge in [0.25, 0.3) is 0 Å². The van der Waals surface area contributed by atoms with E-state index < -0.39 is 11.6 Å². The second kappa shape index (κ2) is 7.84. The number of nitrogens with zero attached hydrogens (tertiary/aromatic N) is 6. The third-order valence-corrected chi connectivity index (χ3v) is 6.13. The minimum atomic E-state index is -0.685. The highest BCUT2D eigenvalue weighted by atomic mass is 19.1. The van der Waals surface area contributed by atoms with E-state index in [0.717, 1.165) is 17.3 Å². The number of pyridine rings is 1. The first-order valence-corrected chi connectivity index (χ1v) is 11.1. The van der Waals surface area contributed by atoms with Crippen molar-refractivity contribution in [3.05, 3.63) is 65.7 Å². The monoisotopic (exact) mass is 448 g/mol. The molecule has 2 aliphatic rings. The Morgan fingerprint density at radius 3 is 2.79 bits per heavy atom. The first-order chi connectivity index (χ1) is 16.0. The van der Waals surface area contributed by atoms with Gasteiger partial charge in [-0.05, 0) is 31.9 Å². The van der Waals surface area contributed by atoms with Crippen LogP contribution in [0.4, 0.5) is 14.6 Å². The number of benzene rings is 1. The average molecular weight is 448 g/mol. The van der Waals surface area contributed by atoms with Gasteiger partial charge in [-0.3, -0.25) is 9.67 Å². The Hall–Kier alpha value is -3.46. The topological polar surface area (TPSA) is 69.0 Å². The van der Waals surface area contributed by atoms with Gasteiger partial charge < -0.3 is 9.64 Å². The number of hydrogen-bond acceptors (Lipinski definition) is 6. The smallest absolute Gasteiger partial charge is 0.135 e. The van der Waals surface area contributed by atoms with Crippen LogP contribution in [-0.2, 0) is 4.74 Å². The van der Waals surface area contributed by atoms with Crippen LogP contribution in [0.3, 0.4) is 0 Å². The van der Waals surface area contributed by atoms with E-state index in [1.807, 2.05) is 23.9 Å². The highest BCUT2D eigenvalue weighted by Gasteiger charge is 2.29. The molecule has 0 N–H and O–H groups in total. The summed E-state index contributed by atoms with van der Waals surface area (Å²) in [5.41, 5.74) is 3.41. The Morgan fingerprint density at radius 2 is 1.97 bits per heavy atom. The van der Waals surface area contributed by atoms with E-state index in [4.69, 9.17) is 9.72 Å². The van der Waals surface area contributed by atoms with E-state index in [-0.39, 0.29) is 11.7 Å². The minimum absolute atomic E-state index is 0.140. The molecule has 6 rings (SSSR count). The lowest BCUT2D eigenvalue weighted by molar-refractivity contribution is 0.0395. The van der Waals surface area contributed by atoms with Crippen molar-refractivity contribution in [1.82, 2.24) is 24.7 Å². The van der Waals surface area contributed by atoms with Crippen LogP contribution in [0.1, 0.15) is 36.2 Å². The van der Waals surface area contributed by atoms with Crippen molar-refractivity contribution in [3.8, 4) is 11.3 Å². The molecule has 1 aliphatic heterocycles. The lowest BCUT2D eigenvalue weighted by Crippen LogP contribution is -2.38. The SMILES string of the molecule is Cc1cnc2c(-c3ccc(F)cc3F)nc(N3CCO[C@H](c4cnn(C5CC5)c4)C3)cc2n1. The predicted molar refractivity (Wildman–Crippen MR) is 119 cm³/mol. The van der Waals surface area contributed by atoms with Crippen LogP contribution in [0.5, 0.6) is 0 Å². The molecule has 1 atom stereocenters. The zero-order valence-corrected chi connectivity index (χ0v) is 18.1. The van der Waals surface area contributed by atoms with Gasteiger partial charge in [-0.15, -0.1) is 0 Å². The van der Waals surface area contributed by atoms with Crippen LogP contribution in [0.15, 0.2) is 42.9 Å². The quantitative estimate of drug-likeness (QED) is 0.461. The summed E-state index contributed by atoms with van der Waals surface area (Å²) in [5.74, 6) is -0.666. The lowest BCUT2D eigenvalue weighted by atomic mass is 10.1. The molecule has 4 heterocycles. The molecule has 2 fully saturated rings. The van der Waals surface area contributed by atoms with Crippen molar-refractivity contribution < 1.29 is 13.5 Å². The predicted octanol–water partition coefficient (Wildman–Crippen LogP) is 4.39. The first-order valence-electron chi connectivity index (χ1n) is 11.1. The molecule has 3 aromatic heterocycles. The van der Waals surface area contributed by atoms with Crippen LogP contribution in [0.25, 0.3) is 22.3 Å². The fraction of sp³-hybridized carbons (Fsp3) is 0.333. The van der Waals surface area contributed by atoms with Gasteiger partial charge in [-0.2, -0.15) is 5.10 Å². The van der Waals surface area contributed by atoms with Gasteiger partial charge in [0.05, 0.1) is 30.1 Å². The summed E-state index contributed by atoms with van der Waals surface area (Å²) in [6.45, 7) is 3.60. The highest BCUT2D eigenvalue weighted by Crippen LogP contribution is 2.36. The van der Waals surface area contributed by atoms with Crippen molar-refractivity contribution >= 4 is 16.9 Å². The maximum Gasteiger partial charge on any atom is 0.135 e. The number of morpholine rings is 1. The van der Waals surface area contributed by atoms with Crippen molar-refractivity contribution in [2.45, 2.75) is 31.9 Å². The van der Waals surface area contributed by atoms with Gasteiger partial charge in [-0.25, -0.2) is 18.7 Å². The van der Waals surface area contributed by atoms with Crippen LogP contribution in [-0.4, -0.2) is 44.4 Å². The van der Waals surface area contributed by atoms with Gasteiger partial charge in [0.15, 0.2) is 0 Å². The third-order valence-electron chi connectivity index (χ3n) is 6.13. The zero-order valence-electron chi connectivity index (χ0n) is 18.1. The van der Waals surface area contributed by atoms with E-state index >= 15 is 0 Å². The summed E-state index contributed by atoms with van der Waals surface area (Å²) in [6, 6.07) is 5.86. The molecule has 1 saturated heterocycles. The molecule has 9 heteroatoms. The Kier molecular flexibility index (Phi) is 4.79. The standard InChI is InChI=1S/C24H22F2N6O/c1-14-10-27-24-20(29-14)9-22(30-23(24)18-5-2-16(25)8-19(18)26)31-6-7-33-21(13-31)15-11-28-32(12-15)17-3-4-17/h2,5,8-12,17,21H,3-4,6-7,13H2,1H3/t21-/m0/s1. The van der Waals surface area contributed by atoms with Crippen LogP contribution < -0.4 is 4.90 Å². The molecular weight excluding hydrogens is 426 g/mol. The Bertz CT molecular complexity index is 1350. The molecule has 7 nitrogen and oxygen atoms in total. The molecule has 0 unspecified atom stereocenters. The molecule has 1 saturated carbocycles. The number of aromatic nitrogens is 5. The Morgan fingerprint density at radius 1 is 1.09 bits per heavy atom.